The fourth-order valence-corrected chi connectivity index (χ4v) is 4.36. The monoisotopic (exact) mass is 362 g/mol. The van der Waals surface area contributed by atoms with Crippen molar-refractivity contribution in [1.29, 1.82) is 0 Å². The normalized spacial score (nSPS) is 19.2. The van der Waals surface area contributed by atoms with Crippen LogP contribution in [0.15, 0.2) is 10.2 Å². The molecule has 9 heteroatoms. The highest BCUT2D eigenvalue weighted by molar-refractivity contribution is 7.14. The molecule has 2 fully saturated rings. The zero-order chi connectivity index (χ0) is 17.4. The minimum atomic E-state index is -0.238. The maximum atomic E-state index is 11.8. The lowest BCUT2D eigenvalue weighted by molar-refractivity contribution is -0.116. The Morgan fingerprint density at radius 3 is 2.72 bits per heavy atom. The first-order chi connectivity index (χ1) is 12.1. The summed E-state index contributed by atoms with van der Waals surface area (Å²) in [7, 11) is 0. The molecular formula is C16H22N6O2S. The van der Waals surface area contributed by atoms with E-state index in [1.54, 1.807) is 18.3 Å². The largest absolute Gasteiger partial charge is 0.340 e. The molecule has 2 N–H and O–H groups in total. The molecule has 0 atom stereocenters. The van der Waals surface area contributed by atoms with Crippen LogP contribution in [0.1, 0.15) is 50.0 Å². The Morgan fingerprint density at radius 1 is 1.36 bits per heavy atom. The van der Waals surface area contributed by atoms with Gasteiger partial charge in [-0.25, -0.2) is 14.9 Å². The van der Waals surface area contributed by atoms with Crippen molar-refractivity contribution >= 4 is 22.4 Å². The zero-order valence-electron chi connectivity index (χ0n) is 14.2. The van der Waals surface area contributed by atoms with E-state index in [1.807, 2.05) is 4.90 Å². The van der Waals surface area contributed by atoms with Gasteiger partial charge in [0.1, 0.15) is 5.82 Å². The van der Waals surface area contributed by atoms with E-state index in [1.165, 1.54) is 0 Å². The summed E-state index contributed by atoms with van der Waals surface area (Å²) in [5.41, 5.74) is 0.789. The van der Waals surface area contributed by atoms with Crippen molar-refractivity contribution < 1.29 is 4.79 Å². The summed E-state index contributed by atoms with van der Waals surface area (Å²) in [6.07, 6.45) is 4.10. The van der Waals surface area contributed by atoms with Crippen LogP contribution in [0.3, 0.4) is 0 Å². The predicted molar refractivity (Wildman–Crippen MR) is 94.8 cm³/mol. The number of amides is 1. The number of likely N-dealkylation sites (tertiary alicyclic amines) is 1. The molecule has 0 radical (unpaired) electrons. The van der Waals surface area contributed by atoms with Crippen LogP contribution < -0.4 is 10.6 Å². The number of aromatic amines is 2. The number of thiazole rings is 1. The van der Waals surface area contributed by atoms with Crippen LogP contribution in [0.4, 0.5) is 5.13 Å². The summed E-state index contributed by atoms with van der Waals surface area (Å²) in [5.74, 6) is 1.16. The van der Waals surface area contributed by atoms with Crippen molar-refractivity contribution in [3.8, 4) is 0 Å². The lowest BCUT2D eigenvalue weighted by Crippen LogP contribution is -2.33. The van der Waals surface area contributed by atoms with Crippen molar-refractivity contribution in [2.45, 2.75) is 51.1 Å². The molecular weight excluding hydrogens is 340 g/mol. The lowest BCUT2D eigenvalue weighted by Gasteiger charge is -2.30. The Balaban J connectivity index is 1.34. The molecule has 1 aliphatic heterocycles. The zero-order valence-corrected chi connectivity index (χ0v) is 15.0. The highest BCUT2D eigenvalue weighted by Crippen LogP contribution is 2.34. The molecule has 0 unspecified atom stereocenters. The lowest BCUT2D eigenvalue weighted by atomic mass is 9.96. The van der Waals surface area contributed by atoms with Crippen molar-refractivity contribution in [1.82, 2.24) is 25.1 Å². The third kappa shape index (κ3) is 3.67. The molecule has 1 aliphatic carbocycles. The molecule has 0 bridgehead atoms. The molecule has 0 spiro atoms. The first-order valence-electron chi connectivity index (χ1n) is 8.71. The minimum Gasteiger partial charge on any atom is -0.297 e. The molecule has 1 saturated heterocycles. The molecule has 2 aromatic heterocycles. The van der Waals surface area contributed by atoms with Crippen LogP contribution in [0, 0.1) is 0 Å². The Morgan fingerprint density at radius 2 is 2.12 bits per heavy atom. The molecule has 0 aromatic carbocycles. The van der Waals surface area contributed by atoms with Gasteiger partial charge in [-0.15, -0.1) is 11.3 Å². The Hall–Kier alpha value is -2.00. The van der Waals surface area contributed by atoms with Crippen LogP contribution in [0.5, 0.6) is 0 Å². The molecule has 1 amide bonds. The van der Waals surface area contributed by atoms with Crippen molar-refractivity contribution in [3.05, 3.63) is 27.4 Å². The van der Waals surface area contributed by atoms with Gasteiger partial charge in [-0.05, 0) is 38.8 Å². The van der Waals surface area contributed by atoms with E-state index in [9.17, 15) is 9.59 Å². The molecule has 25 heavy (non-hydrogen) atoms. The van der Waals surface area contributed by atoms with Gasteiger partial charge in [-0.3, -0.25) is 19.6 Å². The highest BCUT2D eigenvalue weighted by Gasteiger charge is 2.33. The average molecular weight is 362 g/mol. The van der Waals surface area contributed by atoms with Gasteiger partial charge in [-0.2, -0.15) is 5.10 Å². The second kappa shape index (κ2) is 6.72. The number of hydrogen-bond donors (Lipinski definition) is 2. The van der Waals surface area contributed by atoms with Gasteiger partial charge in [0.15, 0.2) is 5.13 Å². The number of H-pyrrole nitrogens is 2. The van der Waals surface area contributed by atoms with E-state index in [0.717, 1.165) is 62.0 Å². The third-order valence-electron chi connectivity index (χ3n) is 4.88. The van der Waals surface area contributed by atoms with Gasteiger partial charge in [0.2, 0.25) is 5.91 Å². The standard InChI is InChI=1S/C16H22N6O2S/c1-10(23)22(13-2-3-13)16-17-12(9-25-16)8-21-6-4-11(5-7-21)14-18-15(24)20-19-14/h9,11,13H,2-8H2,1H3,(H2,18,19,20,24). The van der Waals surface area contributed by atoms with E-state index in [4.69, 9.17) is 0 Å². The molecule has 4 rings (SSSR count). The molecule has 2 aliphatic rings. The molecule has 1 saturated carbocycles. The van der Waals surface area contributed by atoms with Crippen LogP contribution in [-0.4, -0.2) is 50.1 Å². The number of piperidine rings is 1. The average Bonchev–Trinajstić information content (AvgIpc) is 3.14. The van der Waals surface area contributed by atoms with Crippen molar-refractivity contribution in [2.24, 2.45) is 0 Å². The van der Waals surface area contributed by atoms with Crippen LogP contribution >= 0.6 is 11.3 Å². The van der Waals surface area contributed by atoms with Crippen molar-refractivity contribution in [3.63, 3.8) is 0 Å². The second-order valence-electron chi connectivity index (χ2n) is 6.86. The third-order valence-corrected chi connectivity index (χ3v) is 5.77. The molecule has 8 nitrogen and oxygen atoms in total. The fraction of sp³-hybridized carbons (Fsp3) is 0.625. The Kier molecular flexibility index (Phi) is 4.43. The number of nitrogens with one attached hydrogen (secondary N) is 2. The fourth-order valence-electron chi connectivity index (χ4n) is 3.43. The topological polar surface area (TPSA) is 98.0 Å². The summed E-state index contributed by atoms with van der Waals surface area (Å²) in [5, 5.41) is 9.38. The molecule has 2 aromatic rings. The summed E-state index contributed by atoms with van der Waals surface area (Å²) in [4.78, 5) is 34.7. The number of nitrogens with zero attached hydrogens (tertiary/aromatic N) is 4. The maximum absolute atomic E-state index is 11.8. The smallest absolute Gasteiger partial charge is 0.297 e. The Bertz CT molecular complexity index is 799. The Labute approximate surface area is 149 Å². The SMILES string of the molecule is CC(=O)N(c1nc(CN2CCC(c3n[nH]c(=O)[nH]3)CC2)cs1)C1CC1. The second-order valence-corrected chi connectivity index (χ2v) is 7.69. The van der Waals surface area contributed by atoms with Gasteiger partial charge < -0.3 is 0 Å². The summed E-state index contributed by atoms with van der Waals surface area (Å²) in [6, 6.07) is 0.350. The first kappa shape index (κ1) is 16.5. The molecule has 134 valence electrons. The maximum Gasteiger partial charge on any atom is 0.340 e. The van der Waals surface area contributed by atoms with Crippen LogP contribution in [-0.2, 0) is 11.3 Å². The van der Waals surface area contributed by atoms with E-state index >= 15 is 0 Å². The first-order valence-corrected chi connectivity index (χ1v) is 9.59. The van der Waals surface area contributed by atoms with E-state index in [2.05, 4.69) is 30.4 Å². The van der Waals surface area contributed by atoms with Crippen LogP contribution in [0.25, 0.3) is 0 Å². The van der Waals surface area contributed by atoms with Gasteiger partial charge in [0, 0.05) is 30.8 Å². The van der Waals surface area contributed by atoms with Gasteiger partial charge in [0.25, 0.3) is 0 Å². The van der Waals surface area contributed by atoms with Gasteiger partial charge in [-0.1, -0.05) is 0 Å². The van der Waals surface area contributed by atoms with Gasteiger partial charge in [0.05, 0.1) is 5.69 Å². The number of carbonyl (C=O) groups is 1. The van der Waals surface area contributed by atoms with E-state index < -0.39 is 0 Å². The minimum absolute atomic E-state index is 0.0807. The number of carbonyl (C=O) groups excluding carboxylic acids is 1. The number of aromatic nitrogens is 4. The van der Waals surface area contributed by atoms with Crippen LogP contribution in [0.2, 0.25) is 0 Å². The van der Waals surface area contributed by atoms with E-state index in [0.29, 0.717) is 12.0 Å². The predicted octanol–water partition coefficient (Wildman–Crippen LogP) is 1.45. The highest BCUT2D eigenvalue weighted by atomic mass is 32.1. The quantitative estimate of drug-likeness (QED) is 0.839. The summed E-state index contributed by atoms with van der Waals surface area (Å²) < 4.78 is 0. The molecule has 3 heterocycles. The van der Waals surface area contributed by atoms with E-state index in [-0.39, 0.29) is 11.6 Å². The number of anilines is 1. The number of hydrogen-bond acceptors (Lipinski definition) is 6. The summed E-state index contributed by atoms with van der Waals surface area (Å²) >= 11 is 1.56. The summed E-state index contributed by atoms with van der Waals surface area (Å²) in [6.45, 7) is 4.32. The van der Waals surface area contributed by atoms with Gasteiger partial charge >= 0.3 is 5.69 Å². The van der Waals surface area contributed by atoms with Crippen molar-refractivity contribution in [2.75, 3.05) is 18.0 Å². The number of rotatable bonds is 5.